The molecule has 0 radical (unpaired) electrons. The summed E-state index contributed by atoms with van der Waals surface area (Å²) in [5.74, 6) is -6.06. The van der Waals surface area contributed by atoms with Crippen LogP contribution in [0.1, 0.15) is 0 Å². The van der Waals surface area contributed by atoms with Crippen molar-refractivity contribution in [3.05, 3.63) is 0 Å². The van der Waals surface area contributed by atoms with E-state index in [1.54, 1.807) is 0 Å². The monoisotopic (exact) mass is 470 g/mol. The second-order valence-corrected chi connectivity index (χ2v) is 6.80. The van der Waals surface area contributed by atoms with E-state index >= 15 is 0 Å². The number of halogens is 13. The van der Waals surface area contributed by atoms with Gasteiger partial charge >= 0.3 is 16.0 Å². The molecular formula is C11H11F13O3S. The highest BCUT2D eigenvalue weighted by Gasteiger charge is 2.60. The van der Waals surface area contributed by atoms with Gasteiger partial charge in [0.25, 0.3) is 11.9 Å². The highest BCUT2D eigenvalue weighted by Crippen LogP contribution is 2.37. The van der Waals surface area contributed by atoms with Gasteiger partial charge in [-0.25, -0.2) is 48.3 Å². The number of hydrogen-bond acceptors (Lipinski definition) is 2. The van der Waals surface area contributed by atoms with Crippen LogP contribution in [0.5, 0.6) is 0 Å². The molecule has 17 heteroatoms. The van der Waals surface area contributed by atoms with Crippen molar-refractivity contribution in [1.29, 1.82) is 0 Å². The molecule has 0 rings (SSSR count). The summed E-state index contributed by atoms with van der Waals surface area (Å²) in [5.41, 5.74) is -4.87. The second kappa shape index (κ2) is 9.67. The average Bonchev–Trinajstić information content (AvgIpc) is 2.61. The minimum Gasteiger partial charge on any atom is -0.283 e. The maximum Gasteiger partial charge on any atom is 0.328 e. The Morgan fingerprint density at radius 1 is 0.571 bits per heavy atom. The Morgan fingerprint density at radius 3 is 1.14 bits per heavy atom. The molecule has 28 heavy (non-hydrogen) atoms. The van der Waals surface area contributed by atoms with Gasteiger partial charge in [-0.15, -0.1) is 0 Å². The summed E-state index contributed by atoms with van der Waals surface area (Å²) in [6, 6.07) is 0. The van der Waals surface area contributed by atoms with Crippen LogP contribution in [-0.2, 0) is 10.1 Å². The molecule has 0 aromatic heterocycles. The lowest BCUT2D eigenvalue weighted by molar-refractivity contribution is -0.145. The van der Waals surface area contributed by atoms with Crippen molar-refractivity contribution >= 4 is 10.1 Å². The number of alkyl halides is 13. The van der Waals surface area contributed by atoms with Gasteiger partial charge in [-0.1, -0.05) is 0 Å². The van der Waals surface area contributed by atoms with E-state index in [1.807, 2.05) is 0 Å². The van der Waals surface area contributed by atoms with Crippen LogP contribution in [0.2, 0.25) is 0 Å². The van der Waals surface area contributed by atoms with E-state index in [0.29, 0.717) is 0 Å². The van der Waals surface area contributed by atoms with E-state index in [9.17, 15) is 65.5 Å². The van der Waals surface area contributed by atoms with E-state index in [4.69, 9.17) is 4.55 Å². The highest BCUT2D eigenvalue weighted by molar-refractivity contribution is 7.86. The zero-order valence-electron chi connectivity index (χ0n) is 12.9. The summed E-state index contributed by atoms with van der Waals surface area (Å²) in [6.45, 7) is 0. The number of rotatable bonds is 11. The fourth-order valence-electron chi connectivity index (χ4n) is 1.71. The lowest BCUT2D eigenvalue weighted by Crippen LogP contribution is -2.53. The van der Waals surface area contributed by atoms with E-state index in [0.717, 1.165) is 0 Å². The van der Waals surface area contributed by atoms with Crippen LogP contribution in [0.15, 0.2) is 0 Å². The molecule has 0 aliphatic rings. The Bertz CT molecular complexity index is 590. The zero-order chi connectivity index (χ0) is 22.8. The van der Waals surface area contributed by atoms with Gasteiger partial charge in [0, 0.05) is 0 Å². The van der Waals surface area contributed by atoms with Gasteiger partial charge < -0.3 is 0 Å². The van der Waals surface area contributed by atoms with Crippen molar-refractivity contribution in [3.63, 3.8) is 0 Å². The van der Waals surface area contributed by atoms with Gasteiger partial charge in [0.1, 0.15) is 0 Å². The Kier molecular flexibility index (Phi) is 9.32. The number of hydrogen-bond donors (Lipinski definition) is 1. The topological polar surface area (TPSA) is 54.4 Å². The first-order valence-corrected chi connectivity index (χ1v) is 8.28. The smallest absolute Gasteiger partial charge is 0.283 e. The molecule has 0 aliphatic carbocycles. The van der Waals surface area contributed by atoms with Crippen LogP contribution >= 0.6 is 0 Å². The molecule has 0 aromatic carbocycles. The van der Waals surface area contributed by atoms with Crippen molar-refractivity contribution in [2.45, 2.75) is 67.2 Å². The van der Waals surface area contributed by atoms with Crippen LogP contribution in [0.4, 0.5) is 57.1 Å². The Hall–Kier alpha value is -1.00. The summed E-state index contributed by atoms with van der Waals surface area (Å²) in [7, 11) is -6.38. The molecule has 9 atom stereocenters. The van der Waals surface area contributed by atoms with Gasteiger partial charge in [-0.05, 0) is 0 Å². The third kappa shape index (κ3) is 6.00. The van der Waals surface area contributed by atoms with Crippen molar-refractivity contribution in [3.8, 4) is 0 Å². The summed E-state index contributed by atoms with van der Waals surface area (Å²) in [6.07, 6.45) is -39.3. The predicted molar refractivity (Wildman–Crippen MR) is 66.6 cm³/mol. The molecule has 0 saturated carbocycles. The quantitative estimate of drug-likeness (QED) is 0.370. The van der Waals surface area contributed by atoms with Crippen molar-refractivity contribution in [2.24, 2.45) is 0 Å². The molecule has 9 unspecified atom stereocenters. The molecule has 0 heterocycles. The fraction of sp³-hybridized carbons (Fsp3) is 1.00. The third-order valence-electron chi connectivity index (χ3n) is 3.28. The summed E-state index contributed by atoms with van der Waals surface area (Å²) in [4.78, 5) is 0. The molecule has 0 aromatic rings. The average molecular weight is 470 g/mol. The second-order valence-electron chi connectivity index (χ2n) is 5.35. The van der Waals surface area contributed by atoms with Gasteiger partial charge in [0.2, 0.25) is 6.17 Å². The molecular weight excluding hydrogens is 459 g/mol. The van der Waals surface area contributed by atoms with Crippen molar-refractivity contribution < 1.29 is 70.0 Å². The van der Waals surface area contributed by atoms with Crippen molar-refractivity contribution in [1.82, 2.24) is 0 Å². The van der Waals surface area contributed by atoms with Crippen LogP contribution in [0.25, 0.3) is 0 Å². The molecule has 3 nitrogen and oxygen atoms in total. The lowest BCUT2D eigenvalue weighted by Gasteiger charge is -2.29. The Labute approximate surface area is 148 Å². The minimum absolute atomic E-state index is 4.04. The minimum atomic E-state index is -6.38. The maximum atomic E-state index is 13.3. The standard InChI is InChI=1S/C11H11F13O3S/c12-1(3(14)5(16)7(18)9(20)21)2(13)4(15)6(17)8(19)11(23,24)10(22)28(25,26)27/h1-10H,(H,25,26,27). The van der Waals surface area contributed by atoms with Gasteiger partial charge in [0.05, 0.1) is 0 Å². The molecule has 170 valence electrons. The van der Waals surface area contributed by atoms with E-state index in [1.165, 1.54) is 0 Å². The largest absolute Gasteiger partial charge is 0.328 e. The molecule has 0 fully saturated rings. The first kappa shape index (κ1) is 27.0. The van der Waals surface area contributed by atoms with Crippen molar-refractivity contribution in [2.75, 3.05) is 0 Å². The van der Waals surface area contributed by atoms with E-state index < -0.39 is 77.3 Å². The molecule has 0 spiro atoms. The van der Waals surface area contributed by atoms with E-state index in [-0.39, 0.29) is 0 Å². The summed E-state index contributed by atoms with van der Waals surface area (Å²) >= 11 is 0. The molecule has 0 aliphatic heterocycles. The molecule has 0 bridgehead atoms. The lowest BCUT2D eigenvalue weighted by atomic mass is 9.96. The SMILES string of the molecule is O=S(=O)(O)C(F)C(F)(F)C(F)C(F)C(F)C(F)C(F)C(F)C(F)C(F)C(F)F. The third-order valence-corrected chi connectivity index (χ3v) is 4.11. The van der Waals surface area contributed by atoms with Gasteiger partial charge in [0.15, 0.2) is 43.2 Å². The normalized spacial score (nSPS) is 23.4. The maximum absolute atomic E-state index is 13.3. The summed E-state index contributed by atoms with van der Waals surface area (Å²) < 4.78 is 196. The molecule has 1 N–H and O–H groups in total. The predicted octanol–water partition coefficient (Wildman–Crippen LogP) is 3.78. The van der Waals surface area contributed by atoms with Crippen LogP contribution in [-0.4, -0.2) is 80.2 Å². The fourth-order valence-corrected chi connectivity index (χ4v) is 2.24. The van der Waals surface area contributed by atoms with Gasteiger partial charge in [-0.2, -0.15) is 17.2 Å². The van der Waals surface area contributed by atoms with Crippen LogP contribution < -0.4 is 0 Å². The molecule has 0 saturated heterocycles. The van der Waals surface area contributed by atoms with Crippen LogP contribution in [0.3, 0.4) is 0 Å². The highest BCUT2D eigenvalue weighted by atomic mass is 32.2. The summed E-state index contributed by atoms with van der Waals surface area (Å²) in [5, 5.41) is 0. The van der Waals surface area contributed by atoms with Crippen LogP contribution in [0, 0.1) is 0 Å². The Balaban J connectivity index is 5.36. The van der Waals surface area contributed by atoms with Gasteiger partial charge in [-0.3, -0.25) is 4.55 Å². The molecule has 0 amide bonds. The zero-order valence-corrected chi connectivity index (χ0v) is 13.7. The first-order valence-electron chi connectivity index (χ1n) is 6.77. The van der Waals surface area contributed by atoms with E-state index in [2.05, 4.69) is 0 Å². The Morgan fingerprint density at radius 2 is 0.857 bits per heavy atom. The first-order chi connectivity index (χ1) is 12.4.